The zero-order valence-electron chi connectivity index (χ0n) is 12.4. The van der Waals surface area contributed by atoms with Crippen LogP contribution in [0.25, 0.3) is 0 Å². The Labute approximate surface area is 115 Å². The van der Waals surface area contributed by atoms with E-state index in [1.807, 2.05) is 33.0 Å². The highest BCUT2D eigenvalue weighted by Gasteiger charge is 2.36. The molecule has 104 valence electrons. The second-order valence-electron chi connectivity index (χ2n) is 6.91. The van der Waals surface area contributed by atoms with E-state index in [-0.39, 0.29) is 6.09 Å². The van der Waals surface area contributed by atoms with Gasteiger partial charge >= 0.3 is 6.09 Å². The van der Waals surface area contributed by atoms with Gasteiger partial charge in [-0.2, -0.15) is 0 Å². The van der Waals surface area contributed by atoms with E-state index >= 15 is 0 Å². The van der Waals surface area contributed by atoms with Crippen LogP contribution in [0.4, 0.5) is 10.5 Å². The minimum Gasteiger partial charge on any atom is -0.443 e. The molecule has 1 aromatic heterocycles. The molecule has 4 nitrogen and oxygen atoms in total. The van der Waals surface area contributed by atoms with Gasteiger partial charge in [-0.1, -0.05) is 13.1 Å². The van der Waals surface area contributed by atoms with Gasteiger partial charge in [-0.25, -0.2) is 4.79 Å². The number of aromatic nitrogens is 1. The summed E-state index contributed by atoms with van der Waals surface area (Å²) >= 11 is 0. The van der Waals surface area contributed by atoms with Gasteiger partial charge in [0.2, 0.25) is 0 Å². The van der Waals surface area contributed by atoms with Crippen molar-refractivity contribution in [3.05, 3.63) is 24.0 Å². The summed E-state index contributed by atoms with van der Waals surface area (Å²) in [6.07, 6.45) is 4.16. The van der Waals surface area contributed by atoms with Gasteiger partial charge in [0.1, 0.15) is 5.60 Å². The van der Waals surface area contributed by atoms with Crippen LogP contribution in [0, 0.1) is 0 Å². The molecule has 0 fully saturated rings. The first-order valence-electron chi connectivity index (χ1n) is 6.61. The van der Waals surface area contributed by atoms with Gasteiger partial charge in [0.15, 0.2) is 0 Å². The Kier molecular flexibility index (Phi) is 3.43. The van der Waals surface area contributed by atoms with Crippen LogP contribution in [0.5, 0.6) is 0 Å². The van der Waals surface area contributed by atoms with Crippen LogP contribution in [0.3, 0.4) is 0 Å². The first kappa shape index (κ1) is 14.1. The Hall–Kier alpha value is -1.36. The van der Waals surface area contributed by atoms with E-state index in [0.717, 1.165) is 23.5 Å². The van der Waals surface area contributed by atoms with Crippen LogP contribution in [0.2, 0.25) is 13.1 Å². The van der Waals surface area contributed by atoms with Gasteiger partial charge < -0.3 is 4.74 Å². The molecule has 1 aliphatic heterocycles. The van der Waals surface area contributed by atoms with Crippen LogP contribution < -0.4 is 4.90 Å². The number of fused-ring (bicyclic) bond motifs is 1. The molecule has 2 rings (SSSR count). The topological polar surface area (TPSA) is 42.4 Å². The fourth-order valence-electron chi connectivity index (χ4n) is 2.38. The maximum atomic E-state index is 12.4. The summed E-state index contributed by atoms with van der Waals surface area (Å²) in [5.41, 5.74) is 1.65. The monoisotopic (exact) mass is 278 g/mol. The van der Waals surface area contributed by atoms with Crippen molar-refractivity contribution in [3.63, 3.8) is 0 Å². The van der Waals surface area contributed by atoms with Gasteiger partial charge in [0, 0.05) is 18.6 Å². The number of anilines is 1. The summed E-state index contributed by atoms with van der Waals surface area (Å²) < 4.78 is 5.52. The fraction of sp³-hybridized carbons (Fsp3) is 0.571. The van der Waals surface area contributed by atoms with E-state index < -0.39 is 13.7 Å². The molecule has 0 bridgehead atoms. The number of rotatable bonds is 0. The lowest BCUT2D eigenvalue weighted by Gasteiger charge is -2.38. The summed E-state index contributed by atoms with van der Waals surface area (Å²) in [6, 6.07) is 2.97. The molecule has 0 saturated carbocycles. The predicted molar refractivity (Wildman–Crippen MR) is 79.0 cm³/mol. The van der Waals surface area contributed by atoms with Crippen LogP contribution in [-0.2, 0) is 10.8 Å². The highest BCUT2D eigenvalue weighted by Crippen LogP contribution is 2.31. The summed E-state index contributed by atoms with van der Waals surface area (Å²) in [5, 5.41) is 0. The SMILES string of the molecule is CC(C)(C)OC(=O)N1C[Si](C)(C)Cc2cnccc21. The van der Waals surface area contributed by atoms with Crippen molar-refractivity contribution in [2.75, 3.05) is 11.1 Å². The second kappa shape index (κ2) is 4.63. The van der Waals surface area contributed by atoms with Crippen molar-refractivity contribution >= 4 is 19.9 Å². The average Bonchev–Trinajstić information content (AvgIpc) is 2.24. The Balaban J connectivity index is 2.32. The molecule has 0 aliphatic carbocycles. The van der Waals surface area contributed by atoms with Crippen LogP contribution in [0.1, 0.15) is 26.3 Å². The molecule has 1 aromatic rings. The Morgan fingerprint density at radius 1 is 1.42 bits per heavy atom. The third-order valence-corrected chi connectivity index (χ3v) is 5.55. The van der Waals surface area contributed by atoms with Gasteiger partial charge in [0.25, 0.3) is 0 Å². The van der Waals surface area contributed by atoms with Crippen molar-refractivity contribution in [1.29, 1.82) is 0 Å². The normalized spacial score (nSPS) is 17.8. The highest BCUT2D eigenvalue weighted by atomic mass is 28.3. The smallest absolute Gasteiger partial charge is 0.414 e. The van der Waals surface area contributed by atoms with Crippen LogP contribution in [0.15, 0.2) is 18.5 Å². The third kappa shape index (κ3) is 3.35. The number of hydrogen-bond acceptors (Lipinski definition) is 3. The first-order chi connectivity index (χ1) is 8.68. The number of hydrogen-bond donors (Lipinski definition) is 0. The van der Waals surface area contributed by atoms with E-state index in [9.17, 15) is 4.79 Å². The second-order valence-corrected chi connectivity index (χ2v) is 11.9. The molecule has 0 saturated heterocycles. The summed E-state index contributed by atoms with van der Waals surface area (Å²) in [5.74, 6) is 0. The standard InChI is InChI=1S/C14H22N2O2Si/c1-14(2,3)18-13(17)16-10-19(4,5)9-11-8-15-7-6-12(11)16/h6-8H,9-10H2,1-5H3. The van der Waals surface area contributed by atoms with Crippen LogP contribution in [-0.4, -0.2) is 30.9 Å². The first-order valence-corrected chi connectivity index (χ1v) is 10.0. The van der Waals surface area contributed by atoms with Gasteiger partial charge in [-0.05, 0) is 38.4 Å². The molecule has 0 unspecified atom stereocenters. The molecule has 0 radical (unpaired) electrons. The molecule has 2 heterocycles. The maximum absolute atomic E-state index is 12.4. The quantitative estimate of drug-likeness (QED) is 0.685. The molecule has 0 spiro atoms. The minimum absolute atomic E-state index is 0.250. The number of carbonyl (C=O) groups excluding carboxylic acids is 1. The van der Waals surface area contributed by atoms with Crippen molar-refractivity contribution in [2.24, 2.45) is 0 Å². The Morgan fingerprint density at radius 3 is 2.74 bits per heavy atom. The highest BCUT2D eigenvalue weighted by molar-refractivity contribution is 6.78. The van der Waals surface area contributed by atoms with E-state index in [2.05, 4.69) is 18.1 Å². The zero-order valence-corrected chi connectivity index (χ0v) is 13.4. The fourth-order valence-corrected chi connectivity index (χ4v) is 4.95. The minimum atomic E-state index is -1.46. The lowest BCUT2D eigenvalue weighted by atomic mass is 10.2. The predicted octanol–water partition coefficient (Wildman–Crippen LogP) is 3.17. The number of nitrogens with zero attached hydrogens (tertiary/aromatic N) is 2. The number of pyridine rings is 1. The molecule has 5 heteroatoms. The molecule has 0 N–H and O–H groups in total. The molecule has 1 aliphatic rings. The molecule has 19 heavy (non-hydrogen) atoms. The van der Waals surface area contributed by atoms with E-state index in [1.54, 1.807) is 11.1 Å². The van der Waals surface area contributed by atoms with E-state index in [4.69, 9.17) is 4.74 Å². The van der Waals surface area contributed by atoms with Crippen LogP contribution >= 0.6 is 0 Å². The molecule has 1 amide bonds. The van der Waals surface area contributed by atoms with Gasteiger partial charge in [-0.15, -0.1) is 0 Å². The van der Waals surface area contributed by atoms with E-state index in [1.165, 1.54) is 0 Å². The van der Waals surface area contributed by atoms with Gasteiger partial charge in [-0.3, -0.25) is 9.88 Å². The zero-order chi connectivity index (χ0) is 14.3. The average molecular weight is 278 g/mol. The maximum Gasteiger partial charge on any atom is 0.414 e. The molecular weight excluding hydrogens is 256 g/mol. The van der Waals surface area contributed by atoms with Gasteiger partial charge in [0.05, 0.1) is 13.8 Å². The Morgan fingerprint density at radius 2 is 2.11 bits per heavy atom. The number of amides is 1. The van der Waals surface area contributed by atoms with Crippen molar-refractivity contribution in [3.8, 4) is 0 Å². The summed E-state index contributed by atoms with van der Waals surface area (Å²) in [4.78, 5) is 18.3. The summed E-state index contributed by atoms with van der Waals surface area (Å²) in [7, 11) is -1.46. The van der Waals surface area contributed by atoms with Crippen molar-refractivity contribution in [2.45, 2.75) is 45.5 Å². The number of ether oxygens (including phenoxy) is 1. The largest absolute Gasteiger partial charge is 0.443 e. The molecule has 0 atom stereocenters. The lowest BCUT2D eigenvalue weighted by molar-refractivity contribution is 0.0584. The summed E-state index contributed by atoms with van der Waals surface area (Å²) in [6.45, 7) is 10.3. The third-order valence-electron chi connectivity index (χ3n) is 3.04. The van der Waals surface area contributed by atoms with E-state index in [0.29, 0.717) is 0 Å². The number of carbonyl (C=O) groups is 1. The van der Waals surface area contributed by atoms with Crippen molar-refractivity contribution < 1.29 is 9.53 Å². The Bertz CT molecular complexity index is 494. The lowest BCUT2D eigenvalue weighted by Crippen LogP contribution is -2.52. The van der Waals surface area contributed by atoms with Crippen molar-refractivity contribution in [1.82, 2.24) is 4.98 Å². The molecular formula is C14H22N2O2Si. The molecule has 0 aromatic carbocycles.